The molecular weight excluding hydrogens is 321 g/mol. The predicted octanol–water partition coefficient (Wildman–Crippen LogP) is 2.87. The Balaban J connectivity index is 0.00000220. The summed E-state index contributed by atoms with van der Waals surface area (Å²) < 4.78 is 0. The molecule has 2 aliphatic rings. The monoisotopic (exact) mass is 353 g/mol. The number of carbonyl (C=O) groups excluding carboxylic acids is 1. The fourth-order valence-electron chi connectivity index (χ4n) is 3.45. The number of nitrogens with two attached hydrogens (primary N) is 1. The number of nitrogens with zero attached hydrogens (tertiary/aromatic N) is 1. The molecule has 0 atom stereocenters. The Bertz CT molecular complexity index is 302. The first-order valence-electron chi connectivity index (χ1n) is 8.50. The smallest absolute Gasteiger partial charge is 0.240 e. The van der Waals surface area contributed by atoms with Crippen LogP contribution in [-0.4, -0.2) is 42.5 Å². The van der Waals surface area contributed by atoms with Crippen molar-refractivity contribution in [3.05, 3.63) is 0 Å². The molecule has 1 aliphatic carbocycles. The Labute approximate surface area is 147 Å². The number of nitrogens with one attached hydrogen (secondary N) is 1. The van der Waals surface area contributed by atoms with Crippen molar-refractivity contribution >= 4 is 30.7 Å². The van der Waals surface area contributed by atoms with E-state index in [9.17, 15) is 4.79 Å². The van der Waals surface area contributed by atoms with Crippen molar-refractivity contribution in [2.45, 2.75) is 69.7 Å². The third kappa shape index (κ3) is 7.03. The second-order valence-corrected chi connectivity index (χ2v) is 6.58. The van der Waals surface area contributed by atoms with E-state index in [0.717, 1.165) is 45.2 Å². The van der Waals surface area contributed by atoms with E-state index in [0.29, 0.717) is 0 Å². The topological polar surface area (TPSA) is 58.4 Å². The quantitative estimate of drug-likeness (QED) is 0.747. The van der Waals surface area contributed by atoms with Crippen molar-refractivity contribution in [3.63, 3.8) is 0 Å². The summed E-state index contributed by atoms with van der Waals surface area (Å²) in [5, 5.41) is 3.06. The molecule has 2 rings (SSSR count). The standard InChI is InChI=1S/C16H31N3O.2ClH/c17-16(9-4-3-5-10-16)15(20)18-11-8-14-19-12-6-1-2-7-13-19;;/h1-14,17H2,(H,18,20);2*1H. The lowest BCUT2D eigenvalue weighted by atomic mass is 9.82. The van der Waals surface area contributed by atoms with Crippen molar-refractivity contribution in [2.24, 2.45) is 5.73 Å². The second-order valence-electron chi connectivity index (χ2n) is 6.58. The highest BCUT2D eigenvalue weighted by atomic mass is 35.5. The third-order valence-electron chi connectivity index (χ3n) is 4.83. The average Bonchev–Trinajstić information content (AvgIpc) is 2.73. The first-order chi connectivity index (χ1) is 9.71. The zero-order chi connectivity index (χ0) is 14.3. The summed E-state index contributed by atoms with van der Waals surface area (Å²) in [4.78, 5) is 14.7. The molecule has 6 heteroatoms. The number of rotatable bonds is 5. The molecule has 2 fully saturated rings. The minimum Gasteiger partial charge on any atom is -0.354 e. The van der Waals surface area contributed by atoms with Gasteiger partial charge in [0.05, 0.1) is 5.54 Å². The molecule has 4 nitrogen and oxygen atoms in total. The van der Waals surface area contributed by atoms with Crippen LogP contribution in [0.3, 0.4) is 0 Å². The minimum absolute atomic E-state index is 0. The number of hydrogen-bond donors (Lipinski definition) is 2. The molecule has 1 amide bonds. The predicted molar refractivity (Wildman–Crippen MR) is 97.0 cm³/mol. The van der Waals surface area contributed by atoms with Crippen LogP contribution in [-0.2, 0) is 4.79 Å². The fraction of sp³-hybridized carbons (Fsp3) is 0.938. The molecule has 3 N–H and O–H groups in total. The highest BCUT2D eigenvalue weighted by molar-refractivity contribution is 5.86. The van der Waals surface area contributed by atoms with Gasteiger partial charge in [-0.1, -0.05) is 32.1 Å². The van der Waals surface area contributed by atoms with Crippen molar-refractivity contribution < 1.29 is 4.79 Å². The molecule has 0 radical (unpaired) electrons. The van der Waals surface area contributed by atoms with Crippen molar-refractivity contribution in [3.8, 4) is 0 Å². The van der Waals surface area contributed by atoms with Gasteiger partial charge in [0.2, 0.25) is 5.91 Å². The molecule has 0 bridgehead atoms. The number of hydrogen-bond acceptors (Lipinski definition) is 3. The van der Waals surface area contributed by atoms with Gasteiger partial charge in [-0.15, -0.1) is 24.8 Å². The summed E-state index contributed by atoms with van der Waals surface area (Å²) in [6, 6.07) is 0. The van der Waals surface area contributed by atoms with Crippen molar-refractivity contribution in [1.29, 1.82) is 0 Å². The van der Waals surface area contributed by atoms with Crippen LogP contribution in [0, 0.1) is 0 Å². The van der Waals surface area contributed by atoms with Crippen LogP contribution in [0.25, 0.3) is 0 Å². The van der Waals surface area contributed by atoms with Gasteiger partial charge >= 0.3 is 0 Å². The molecule has 1 aliphatic heterocycles. The maximum atomic E-state index is 12.2. The van der Waals surface area contributed by atoms with E-state index in [2.05, 4.69) is 10.2 Å². The Morgan fingerprint density at radius 1 is 0.955 bits per heavy atom. The van der Waals surface area contributed by atoms with E-state index in [1.54, 1.807) is 0 Å². The lowest BCUT2D eigenvalue weighted by molar-refractivity contribution is -0.127. The lowest BCUT2D eigenvalue weighted by Gasteiger charge is -2.32. The molecular formula is C16H33Cl2N3O. The summed E-state index contributed by atoms with van der Waals surface area (Å²) in [6.07, 6.45) is 11.6. The van der Waals surface area contributed by atoms with Crippen LogP contribution in [0.5, 0.6) is 0 Å². The molecule has 0 unspecified atom stereocenters. The molecule has 0 aromatic carbocycles. The van der Waals surface area contributed by atoms with Crippen LogP contribution in [0.2, 0.25) is 0 Å². The van der Waals surface area contributed by atoms with Crippen LogP contribution in [0.4, 0.5) is 0 Å². The van der Waals surface area contributed by atoms with Crippen molar-refractivity contribution in [1.82, 2.24) is 10.2 Å². The second kappa shape index (κ2) is 11.5. The van der Waals surface area contributed by atoms with E-state index >= 15 is 0 Å². The Morgan fingerprint density at radius 2 is 1.50 bits per heavy atom. The zero-order valence-electron chi connectivity index (χ0n) is 13.6. The first-order valence-corrected chi connectivity index (χ1v) is 8.50. The molecule has 1 saturated carbocycles. The third-order valence-corrected chi connectivity index (χ3v) is 4.83. The van der Waals surface area contributed by atoms with Gasteiger partial charge in [0.15, 0.2) is 0 Å². The number of carbonyl (C=O) groups is 1. The summed E-state index contributed by atoms with van der Waals surface area (Å²) in [5.74, 6) is 0.0769. The summed E-state index contributed by atoms with van der Waals surface area (Å²) in [5.41, 5.74) is 5.64. The summed E-state index contributed by atoms with van der Waals surface area (Å²) in [6.45, 7) is 4.34. The Morgan fingerprint density at radius 3 is 2.09 bits per heavy atom. The van der Waals surface area contributed by atoms with Crippen molar-refractivity contribution in [2.75, 3.05) is 26.2 Å². The van der Waals surface area contributed by atoms with Gasteiger partial charge in [0.25, 0.3) is 0 Å². The lowest BCUT2D eigenvalue weighted by Crippen LogP contribution is -2.55. The maximum absolute atomic E-state index is 12.2. The first kappa shape index (κ1) is 22.0. The molecule has 132 valence electrons. The van der Waals surface area contributed by atoms with E-state index < -0.39 is 5.54 Å². The molecule has 22 heavy (non-hydrogen) atoms. The van der Waals surface area contributed by atoms with Crippen LogP contribution < -0.4 is 11.1 Å². The molecule has 0 aromatic rings. The van der Waals surface area contributed by atoms with E-state index in [4.69, 9.17) is 5.73 Å². The van der Waals surface area contributed by atoms with Gasteiger partial charge in [-0.05, 0) is 51.7 Å². The number of halogens is 2. The van der Waals surface area contributed by atoms with E-state index in [1.807, 2.05) is 0 Å². The van der Waals surface area contributed by atoms with Gasteiger partial charge in [0.1, 0.15) is 0 Å². The van der Waals surface area contributed by atoms with Crippen LogP contribution in [0.15, 0.2) is 0 Å². The average molecular weight is 354 g/mol. The number of amides is 1. The minimum atomic E-state index is -0.582. The van der Waals surface area contributed by atoms with Gasteiger partial charge < -0.3 is 16.0 Å². The van der Waals surface area contributed by atoms with Crippen LogP contribution in [0.1, 0.15) is 64.2 Å². The highest BCUT2D eigenvalue weighted by Gasteiger charge is 2.34. The zero-order valence-corrected chi connectivity index (χ0v) is 15.3. The van der Waals surface area contributed by atoms with E-state index in [1.165, 1.54) is 45.2 Å². The highest BCUT2D eigenvalue weighted by Crippen LogP contribution is 2.25. The van der Waals surface area contributed by atoms with Crippen LogP contribution >= 0.6 is 24.8 Å². The molecule has 0 spiro atoms. The largest absolute Gasteiger partial charge is 0.354 e. The van der Waals surface area contributed by atoms with Gasteiger partial charge in [-0.25, -0.2) is 0 Å². The number of likely N-dealkylation sites (tertiary alicyclic amines) is 1. The molecule has 0 aromatic heterocycles. The van der Waals surface area contributed by atoms with Gasteiger partial charge in [-0.3, -0.25) is 4.79 Å². The summed E-state index contributed by atoms with van der Waals surface area (Å²) in [7, 11) is 0. The maximum Gasteiger partial charge on any atom is 0.240 e. The van der Waals surface area contributed by atoms with E-state index in [-0.39, 0.29) is 30.7 Å². The normalized spacial score (nSPS) is 21.9. The molecule has 1 saturated heterocycles. The Hall–Kier alpha value is -0.0300. The Kier molecular flexibility index (Phi) is 11.5. The van der Waals surface area contributed by atoms with Gasteiger partial charge in [0, 0.05) is 6.54 Å². The van der Waals surface area contributed by atoms with Gasteiger partial charge in [-0.2, -0.15) is 0 Å². The fourth-order valence-corrected chi connectivity index (χ4v) is 3.45. The molecule has 1 heterocycles. The summed E-state index contributed by atoms with van der Waals surface area (Å²) >= 11 is 0. The SMILES string of the molecule is Cl.Cl.NC1(C(=O)NCCCN2CCCCCC2)CCCCC1.